The van der Waals surface area contributed by atoms with Gasteiger partial charge in [-0.15, -0.1) is 0 Å². The molecule has 0 spiro atoms. The third-order valence-electron chi connectivity index (χ3n) is 5.32. The molecule has 0 radical (unpaired) electrons. The van der Waals surface area contributed by atoms with Gasteiger partial charge in [0.15, 0.2) is 11.5 Å². The zero-order valence-corrected chi connectivity index (χ0v) is 17.4. The van der Waals surface area contributed by atoms with Crippen molar-refractivity contribution >= 4 is 12.0 Å². The minimum atomic E-state index is -0.0649. The molecule has 1 aliphatic carbocycles. The summed E-state index contributed by atoms with van der Waals surface area (Å²) in [4.78, 5) is 12.5. The molecule has 27 heavy (non-hydrogen) atoms. The molecule has 5 nitrogen and oxygen atoms in total. The Hall–Kier alpha value is -2.17. The van der Waals surface area contributed by atoms with Crippen LogP contribution in [0.25, 0.3) is 6.08 Å². The Morgan fingerprint density at radius 3 is 2.15 bits per heavy atom. The summed E-state index contributed by atoms with van der Waals surface area (Å²) in [6.07, 6.45) is 7.99. The maximum atomic E-state index is 12.5. The Morgan fingerprint density at radius 2 is 1.63 bits per heavy atom. The van der Waals surface area contributed by atoms with Gasteiger partial charge < -0.3 is 19.5 Å². The van der Waals surface area contributed by atoms with Crippen LogP contribution in [-0.4, -0.2) is 33.3 Å². The standard InChI is InChI=1S/C22H33NO4/c1-22(2,3)16-9-7-8-10-17(16)23-20(24)12-11-15-13-18(25-4)21(27-6)19(14-15)26-5/h11-14,16-17H,7-10H2,1-6H3,(H,23,24)/b12-11+. The number of amides is 1. The third kappa shape index (κ3) is 5.41. The molecule has 0 heterocycles. The van der Waals surface area contributed by atoms with Crippen LogP contribution in [0.4, 0.5) is 0 Å². The van der Waals surface area contributed by atoms with Crippen LogP contribution in [0.5, 0.6) is 17.2 Å². The van der Waals surface area contributed by atoms with Gasteiger partial charge in [-0.3, -0.25) is 4.79 Å². The summed E-state index contributed by atoms with van der Waals surface area (Å²) in [5, 5.41) is 3.21. The van der Waals surface area contributed by atoms with Crippen LogP contribution in [0.15, 0.2) is 18.2 Å². The van der Waals surface area contributed by atoms with Crippen molar-refractivity contribution in [3.63, 3.8) is 0 Å². The fourth-order valence-corrected chi connectivity index (χ4v) is 3.94. The largest absolute Gasteiger partial charge is 0.493 e. The SMILES string of the molecule is COc1cc(/C=C/C(=O)NC2CCCCC2C(C)(C)C)cc(OC)c1OC. The quantitative estimate of drug-likeness (QED) is 0.747. The minimum absolute atomic E-state index is 0.0649. The van der Waals surface area contributed by atoms with Gasteiger partial charge in [0.25, 0.3) is 0 Å². The second-order valence-electron chi connectivity index (χ2n) is 8.16. The van der Waals surface area contributed by atoms with Crippen molar-refractivity contribution in [2.75, 3.05) is 21.3 Å². The molecule has 1 saturated carbocycles. The second kappa shape index (κ2) is 9.16. The Labute approximate surface area is 163 Å². The van der Waals surface area contributed by atoms with Crippen molar-refractivity contribution in [2.24, 2.45) is 11.3 Å². The first kappa shape index (κ1) is 21.1. The fourth-order valence-electron chi connectivity index (χ4n) is 3.94. The van der Waals surface area contributed by atoms with Crippen molar-refractivity contribution in [2.45, 2.75) is 52.5 Å². The van der Waals surface area contributed by atoms with Crippen molar-refractivity contribution in [3.05, 3.63) is 23.8 Å². The maximum Gasteiger partial charge on any atom is 0.244 e. The number of nitrogens with one attached hydrogen (secondary N) is 1. The molecular weight excluding hydrogens is 342 g/mol. The Kier molecular flexibility index (Phi) is 7.17. The van der Waals surface area contributed by atoms with E-state index >= 15 is 0 Å². The Bertz CT molecular complexity index is 650. The van der Waals surface area contributed by atoms with Gasteiger partial charge in [-0.2, -0.15) is 0 Å². The lowest BCUT2D eigenvalue weighted by atomic mass is 9.69. The summed E-state index contributed by atoms with van der Waals surface area (Å²) < 4.78 is 16.0. The molecular formula is C22H33NO4. The van der Waals surface area contributed by atoms with Crippen molar-refractivity contribution in [1.82, 2.24) is 5.32 Å². The number of hydrogen-bond donors (Lipinski definition) is 1. The Balaban J connectivity index is 2.12. The molecule has 1 N–H and O–H groups in total. The summed E-state index contributed by atoms with van der Waals surface area (Å²) in [5.74, 6) is 2.11. The first-order valence-electron chi connectivity index (χ1n) is 9.58. The van der Waals surface area contributed by atoms with Gasteiger partial charge in [-0.05, 0) is 47.9 Å². The van der Waals surface area contributed by atoms with Crippen LogP contribution >= 0.6 is 0 Å². The van der Waals surface area contributed by atoms with Crippen LogP contribution in [0.2, 0.25) is 0 Å². The Morgan fingerprint density at radius 1 is 1.04 bits per heavy atom. The molecule has 1 aliphatic rings. The molecule has 0 saturated heterocycles. The van der Waals surface area contributed by atoms with E-state index in [-0.39, 0.29) is 17.4 Å². The first-order valence-corrected chi connectivity index (χ1v) is 9.58. The number of carbonyl (C=O) groups is 1. The summed E-state index contributed by atoms with van der Waals surface area (Å²) in [6.45, 7) is 6.77. The normalized spacial score (nSPS) is 20.4. The van der Waals surface area contributed by atoms with Gasteiger partial charge in [-0.25, -0.2) is 0 Å². The summed E-state index contributed by atoms with van der Waals surface area (Å²) in [5.41, 5.74) is 1.01. The molecule has 1 fully saturated rings. The third-order valence-corrected chi connectivity index (χ3v) is 5.32. The number of methoxy groups -OCH3 is 3. The lowest BCUT2D eigenvalue weighted by Gasteiger charge is -2.40. The zero-order valence-electron chi connectivity index (χ0n) is 17.4. The van der Waals surface area contributed by atoms with Crippen molar-refractivity contribution < 1.29 is 19.0 Å². The van der Waals surface area contributed by atoms with Gasteiger partial charge in [0, 0.05) is 12.1 Å². The molecule has 2 rings (SSSR count). The highest BCUT2D eigenvalue weighted by molar-refractivity contribution is 5.92. The molecule has 5 heteroatoms. The molecule has 2 unspecified atom stereocenters. The highest BCUT2D eigenvalue weighted by Gasteiger charge is 2.34. The van der Waals surface area contributed by atoms with Gasteiger partial charge in [0.1, 0.15) is 0 Å². The predicted molar refractivity (Wildman–Crippen MR) is 108 cm³/mol. The first-order chi connectivity index (χ1) is 12.8. The maximum absolute atomic E-state index is 12.5. The van der Waals surface area contributed by atoms with E-state index in [1.54, 1.807) is 33.5 Å². The molecule has 1 aromatic rings. The number of benzene rings is 1. The fraction of sp³-hybridized carbons (Fsp3) is 0.591. The number of hydrogen-bond acceptors (Lipinski definition) is 4. The van der Waals surface area contributed by atoms with Crippen molar-refractivity contribution in [3.8, 4) is 17.2 Å². The van der Waals surface area contributed by atoms with E-state index in [1.807, 2.05) is 12.1 Å². The summed E-state index contributed by atoms with van der Waals surface area (Å²) >= 11 is 0. The number of ether oxygens (including phenoxy) is 3. The molecule has 1 aromatic carbocycles. The van der Waals surface area contributed by atoms with Crippen LogP contribution in [-0.2, 0) is 4.79 Å². The van der Waals surface area contributed by atoms with Crippen LogP contribution in [0, 0.1) is 11.3 Å². The van der Waals surface area contributed by atoms with Crippen LogP contribution < -0.4 is 19.5 Å². The van der Waals surface area contributed by atoms with E-state index in [1.165, 1.54) is 19.3 Å². The monoisotopic (exact) mass is 375 g/mol. The molecule has 1 amide bonds. The van der Waals surface area contributed by atoms with E-state index in [0.717, 1.165) is 12.0 Å². The van der Waals surface area contributed by atoms with Crippen LogP contribution in [0.1, 0.15) is 52.0 Å². The topological polar surface area (TPSA) is 56.8 Å². The lowest BCUT2D eigenvalue weighted by molar-refractivity contribution is -0.118. The highest BCUT2D eigenvalue weighted by atomic mass is 16.5. The van der Waals surface area contributed by atoms with Crippen molar-refractivity contribution in [1.29, 1.82) is 0 Å². The van der Waals surface area contributed by atoms with E-state index in [4.69, 9.17) is 14.2 Å². The molecule has 2 atom stereocenters. The van der Waals surface area contributed by atoms with Crippen LogP contribution in [0.3, 0.4) is 0 Å². The minimum Gasteiger partial charge on any atom is -0.493 e. The molecule has 0 bridgehead atoms. The molecule has 150 valence electrons. The van der Waals surface area contributed by atoms with E-state index in [9.17, 15) is 4.79 Å². The van der Waals surface area contributed by atoms with Gasteiger partial charge >= 0.3 is 0 Å². The van der Waals surface area contributed by atoms with Gasteiger partial charge in [0.2, 0.25) is 11.7 Å². The number of rotatable bonds is 6. The van der Waals surface area contributed by atoms with E-state index in [2.05, 4.69) is 26.1 Å². The summed E-state index contributed by atoms with van der Waals surface area (Å²) in [6, 6.07) is 3.88. The summed E-state index contributed by atoms with van der Waals surface area (Å²) in [7, 11) is 4.72. The average Bonchev–Trinajstić information content (AvgIpc) is 2.64. The predicted octanol–water partition coefficient (Wildman–Crippen LogP) is 4.45. The highest BCUT2D eigenvalue weighted by Crippen LogP contribution is 2.39. The second-order valence-corrected chi connectivity index (χ2v) is 8.16. The van der Waals surface area contributed by atoms with E-state index < -0.39 is 0 Å². The average molecular weight is 376 g/mol. The molecule has 0 aromatic heterocycles. The smallest absolute Gasteiger partial charge is 0.244 e. The van der Waals surface area contributed by atoms with Gasteiger partial charge in [-0.1, -0.05) is 33.6 Å². The number of carbonyl (C=O) groups excluding carboxylic acids is 1. The lowest BCUT2D eigenvalue weighted by Crippen LogP contribution is -2.46. The van der Waals surface area contributed by atoms with E-state index in [0.29, 0.717) is 23.2 Å². The zero-order chi connectivity index (χ0) is 20.0. The molecule has 0 aliphatic heterocycles. The van der Waals surface area contributed by atoms with Gasteiger partial charge in [0.05, 0.1) is 21.3 Å².